The molecule has 1 aliphatic rings. The third-order valence-corrected chi connectivity index (χ3v) is 6.08. The first-order valence-corrected chi connectivity index (χ1v) is 12.7. The fraction of sp³-hybridized carbons (Fsp3) is 0.448. The van der Waals surface area contributed by atoms with Gasteiger partial charge in [0.15, 0.2) is 0 Å². The molecule has 1 saturated heterocycles. The molecule has 8 heteroatoms. The summed E-state index contributed by atoms with van der Waals surface area (Å²) in [5.74, 6) is -0.757. The van der Waals surface area contributed by atoms with Crippen molar-refractivity contribution in [3.8, 4) is 0 Å². The van der Waals surface area contributed by atoms with Crippen LogP contribution in [0.2, 0.25) is 0 Å². The fourth-order valence-electron chi connectivity index (χ4n) is 4.39. The Morgan fingerprint density at radius 1 is 1.03 bits per heavy atom. The molecule has 2 amide bonds. The standard InChI is InChI=1S/C29H37N3O5/c1-29(2,3)37-28(35)25-16-11-19-32(25)26(33)18-17-23(31-36-4)24(20-21-12-7-5-8-13-21)30-27(34)22-14-9-6-10-15-22/h5-10,12-15,24-25H,11,16-20H2,1-4H3,(H,30,34)/t24-,25-/m0/s1. The summed E-state index contributed by atoms with van der Waals surface area (Å²) in [4.78, 5) is 45.6. The highest BCUT2D eigenvalue weighted by Crippen LogP contribution is 2.23. The first-order valence-electron chi connectivity index (χ1n) is 12.7. The van der Waals surface area contributed by atoms with Gasteiger partial charge >= 0.3 is 5.97 Å². The van der Waals surface area contributed by atoms with Crippen molar-refractivity contribution in [3.05, 3.63) is 71.8 Å². The maximum Gasteiger partial charge on any atom is 0.329 e. The first kappa shape index (κ1) is 27.9. The molecule has 1 heterocycles. The van der Waals surface area contributed by atoms with Gasteiger partial charge in [-0.15, -0.1) is 0 Å². The predicted octanol–water partition coefficient (Wildman–Crippen LogP) is 4.14. The lowest BCUT2D eigenvalue weighted by Gasteiger charge is -2.28. The minimum absolute atomic E-state index is 0.133. The topological polar surface area (TPSA) is 97.3 Å². The second-order valence-corrected chi connectivity index (χ2v) is 10.1. The minimum atomic E-state index is -0.617. The van der Waals surface area contributed by atoms with E-state index in [2.05, 4.69) is 10.5 Å². The molecule has 2 aromatic rings. The molecule has 198 valence electrons. The Balaban J connectivity index is 1.73. The Bertz CT molecular complexity index is 1080. The van der Waals surface area contributed by atoms with Crippen molar-refractivity contribution in [3.63, 3.8) is 0 Å². The highest BCUT2D eigenvalue weighted by atomic mass is 16.6. The predicted molar refractivity (Wildman–Crippen MR) is 142 cm³/mol. The molecule has 0 spiro atoms. The van der Waals surface area contributed by atoms with Gasteiger partial charge in [0.25, 0.3) is 5.91 Å². The molecule has 37 heavy (non-hydrogen) atoms. The summed E-state index contributed by atoms with van der Waals surface area (Å²) in [7, 11) is 1.44. The number of nitrogens with one attached hydrogen (secondary N) is 1. The largest absolute Gasteiger partial charge is 0.458 e. The molecule has 8 nitrogen and oxygen atoms in total. The van der Waals surface area contributed by atoms with Crippen LogP contribution in [0.4, 0.5) is 0 Å². The number of nitrogens with zero attached hydrogens (tertiary/aromatic N) is 2. The number of rotatable bonds is 10. The number of oxime groups is 1. The molecule has 0 saturated carbocycles. The van der Waals surface area contributed by atoms with Crippen molar-refractivity contribution in [1.82, 2.24) is 10.2 Å². The molecule has 1 N–H and O–H groups in total. The van der Waals surface area contributed by atoms with Crippen LogP contribution in [0.15, 0.2) is 65.8 Å². The van der Waals surface area contributed by atoms with E-state index in [1.807, 2.05) is 57.2 Å². The highest BCUT2D eigenvalue weighted by molar-refractivity contribution is 6.00. The average Bonchev–Trinajstić information content (AvgIpc) is 3.37. The molecule has 0 bridgehead atoms. The third-order valence-electron chi connectivity index (χ3n) is 6.08. The normalized spacial score (nSPS) is 16.7. The van der Waals surface area contributed by atoms with E-state index in [4.69, 9.17) is 9.57 Å². The van der Waals surface area contributed by atoms with Gasteiger partial charge in [-0.25, -0.2) is 4.79 Å². The van der Waals surface area contributed by atoms with E-state index in [0.29, 0.717) is 30.7 Å². The molecular weight excluding hydrogens is 470 g/mol. The van der Waals surface area contributed by atoms with E-state index in [9.17, 15) is 14.4 Å². The van der Waals surface area contributed by atoms with Crippen LogP contribution in [-0.4, -0.2) is 59.7 Å². The van der Waals surface area contributed by atoms with Crippen LogP contribution in [0.3, 0.4) is 0 Å². The Morgan fingerprint density at radius 2 is 1.68 bits per heavy atom. The van der Waals surface area contributed by atoms with E-state index in [1.54, 1.807) is 29.2 Å². The molecule has 1 fully saturated rings. The molecule has 2 aromatic carbocycles. The van der Waals surface area contributed by atoms with Gasteiger partial charge in [-0.1, -0.05) is 53.7 Å². The van der Waals surface area contributed by atoms with Gasteiger partial charge < -0.3 is 19.8 Å². The number of likely N-dealkylation sites (tertiary alicyclic amines) is 1. The first-order chi connectivity index (χ1) is 17.7. The van der Waals surface area contributed by atoms with Crippen LogP contribution in [-0.2, 0) is 25.6 Å². The summed E-state index contributed by atoms with van der Waals surface area (Å²) >= 11 is 0. The lowest BCUT2D eigenvalue weighted by atomic mass is 9.98. The monoisotopic (exact) mass is 507 g/mol. The van der Waals surface area contributed by atoms with E-state index >= 15 is 0 Å². The van der Waals surface area contributed by atoms with Crippen LogP contribution in [0.25, 0.3) is 0 Å². The van der Waals surface area contributed by atoms with Gasteiger partial charge in [0.1, 0.15) is 18.8 Å². The zero-order valence-electron chi connectivity index (χ0n) is 22.1. The smallest absolute Gasteiger partial charge is 0.329 e. The zero-order chi connectivity index (χ0) is 26.8. The van der Waals surface area contributed by atoms with Crippen LogP contribution < -0.4 is 5.32 Å². The van der Waals surface area contributed by atoms with E-state index < -0.39 is 17.7 Å². The second-order valence-electron chi connectivity index (χ2n) is 10.1. The van der Waals surface area contributed by atoms with Crippen molar-refractivity contribution in [2.24, 2.45) is 5.16 Å². The van der Waals surface area contributed by atoms with E-state index in [-0.39, 0.29) is 30.6 Å². The van der Waals surface area contributed by atoms with Crippen molar-refractivity contribution in [2.75, 3.05) is 13.7 Å². The molecular formula is C29H37N3O5. The number of amides is 2. The van der Waals surface area contributed by atoms with Crippen LogP contribution in [0.5, 0.6) is 0 Å². The van der Waals surface area contributed by atoms with E-state index in [1.165, 1.54) is 7.11 Å². The van der Waals surface area contributed by atoms with Gasteiger partial charge in [0, 0.05) is 18.5 Å². The van der Waals surface area contributed by atoms with Crippen molar-refractivity contribution in [2.45, 2.75) is 70.6 Å². The maximum absolute atomic E-state index is 13.2. The molecule has 0 radical (unpaired) electrons. The van der Waals surface area contributed by atoms with E-state index in [0.717, 1.165) is 12.0 Å². The number of benzene rings is 2. The van der Waals surface area contributed by atoms with Crippen LogP contribution in [0, 0.1) is 0 Å². The number of esters is 1. The molecule has 0 aromatic heterocycles. The zero-order valence-corrected chi connectivity index (χ0v) is 22.1. The van der Waals surface area contributed by atoms with Gasteiger partial charge in [-0.3, -0.25) is 9.59 Å². The van der Waals surface area contributed by atoms with Gasteiger partial charge in [-0.05, 0) is 64.2 Å². The van der Waals surface area contributed by atoms with Crippen LogP contribution >= 0.6 is 0 Å². The van der Waals surface area contributed by atoms with Gasteiger partial charge in [0.2, 0.25) is 5.91 Å². The summed E-state index contributed by atoms with van der Waals surface area (Å²) in [6.45, 7) is 5.96. The minimum Gasteiger partial charge on any atom is -0.458 e. The molecule has 3 rings (SSSR count). The maximum atomic E-state index is 13.2. The highest BCUT2D eigenvalue weighted by Gasteiger charge is 2.37. The van der Waals surface area contributed by atoms with Crippen molar-refractivity contribution < 1.29 is 24.0 Å². The summed E-state index contributed by atoms with van der Waals surface area (Å²) in [5, 5.41) is 7.27. The quantitative estimate of drug-likeness (QED) is 0.296. The molecule has 2 atom stereocenters. The summed E-state index contributed by atoms with van der Waals surface area (Å²) < 4.78 is 5.53. The number of hydrogen-bond donors (Lipinski definition) is 1. The Morgan fingerprint density at radius 3 is 2.30 bits per heavy atom. The Hall–Kier alpha value is -3.68. The average molecular weight is 508 g/mol. The number of carbonyl (C=O) groups is 3. The van der Waals surface area contributed by atoms with Gasteiger partial charge in [0.05, 0.1) is 11.8 Å². The summed E-state index contributed by atoms with van der Waals surface area (Å²) in [6.07, 6.45) is 2.23. The summed E-state index contributed by atoms with van der Waals surface area (Å²) in [5.41, 5.74) is 1.48. The SMILES string of the molecule is CON=C(CCC(=O)N1CCC[C@H]1C(=O)OC(C)(C)C)[C@H](Cc1ccccc1)NC(=O)c1ccccc1. The van der Waals surface area contributed by atoms with Gasteiger partial charge in [-0.2, -0.15) is 0 Å². The molecule has 1 aliphatic heterocycles. The summed E-state index contributed by atoms with van der Waals surface area (Å²) in [6, 6.07) is 17.7. The molecule has 0 unspecified atom stereocenters. The number of ether oxygens (including phenoxy) is 1. The fourth-order valence-corrected chi connectivity index (χ4v) is 4.39. The third kappa shape index (κ3) is 8.44. The van der Waals surface area contributed by atoms with Crippen molar-refractivity contribution >= 4 is 23.5 Å². The van der Waals surface area contributed by atoms with Crippen LogP contribution in [0.1, 0.15) is 62.4 Å². The van der Waals surface area contributed by atoms with Crippen molar-refractivity contribution in [1.29, 1.82) is 0 Å². The number of carbonyl (C=O) groups excluding carboxylic acids is 3. The molecule has 0 aliphatic carbocycles. The lowest BCUT2D eigenvalue weighted by Crippen LogP contribution is -2.45. The Labute approximate surface area is 219 Å². The second kappa shape index (κ2) is 13.0. The lowest BCUT2D eigenvalue weighted by molar-refractivity contribution is -0.163. The number of hydrogen-bond acceptors (Lipinski definition) is 6. The Kier molecular flexibility index (Phi) is 9.83.